The Kier molecular flexibility index (Phi) is 4.14. The van der Waals surface area contributed by atoms with Gasteiger partial charge in [-0.1, -0.05) is 12.1 Å². The summed E-state index contributed by atoms with van der Waals surface area (Å²) in [5, 5.41) is 8.93. The number of nitrogens with zero attached hydrogens (tertiary/aromatic N) is 5. The Morgan fingerprint density at radius 1 is 1.08 bits per heavy atom. The van der Waals surface area contributed by atoms with Gasteiger partial charge in [0.2, 0.25) is 5.95 Å². The molecule has 1 aromatic heterocycles. The van der Waals surface area contributed by atoms with E-state index in [0.717, 1.165) is 43.6 Å². The molecule has 3 heterocycles. The van der Waals surface area contributed by atoms with E-state index in [-0.39, 0.29) is 0 Å². The van der Waals surface area contributed by atoms with Crippen molar-refractivity contribution in [3.8, 4) is 6.07 Å². The molecule has 2 aliphatic rings. The van der Waals surface area contributed by atoms with Gasteiger partial charge in [-0.3, -0.25) is 4.90 Å². The predicted molar refractivity (Wildman–Crippen MR) is 92.3 cm³/mol. The van der Waals surface area contributed by atoms with Crippen molar-refractivity contribution in [3.05, 3.63) is 53.9 Å². The lowest BCUT2D eigenvalue weighted by Crippen LogP contribution is -2.48. The number of piperidine rings is 1. The van der Waals surface area contributed by atoms with Crippen LogP contribution in [0, 0.1) is 17.2 Å². The normalized spacial score (nSPS) is 23.7. The molecule has 2 aromatic rings. The van der Waals surface area contributed by atoms with Crippen LogP contribution in [0.4, 0.5) is 5.95 Å². The first kappa shape index (κ1) is 15.1. The molecular formula is C19H21N5. The van der Waals surface area contributed by atoms with Crippen LogP contribution >= 0.6 is 0 Å². The highest BCUT2D eigenvalue weighted by Crippen LogP contribution is 2.33. The standard InChI is InChI=1S/C19H21N5/c20-12-15-2-4-16(5-3-15)13-23-10-6-17-7-11-24(14-18(17)23)19-21-8-1-9-22-19/h1-5,8-9,17-18H,6-7,10-11,13-14H2. The van der Waals surface area contributed by atoms with Crippen molar-refractivity contribution >= 4 is 5.95 Å². The Morgan fingerprint density at radius 3 is 2.58 bits per heavy atom. The van der Waals surface area contributed by atoms with E-state index in [1.807, 2.05) is 30.6 Å². The predicted octanol–water partition coefficient (Wildman–Crippen LogP) is 2.45. The number of anilines is 1. The Balaban J connectivity index is 1.46. The molecule has 5 nitrogen and oxygen atoms in total. The number of hydrogen-bond acceptors (Lipinski definition) is 5. The van der Waals surface area contributed by atoms with Gasteiger partial charge in [0.25, 0.3) is 0 Å². The van der Waals surface area contributed by atoms with E-state index in [4.69, 9.17) is 5.26 Å². The zero-order valence-electron chi connectivity index (χ0n) is 13.7. The van der Waals surface area contributed by atoms with Crippen LogP contribution in [-0.4, -0.2) is 40.5 Å². The lowest BCUT2D eigenvalue weighted by molar-refractivity contribution is 0.200. The maximum absolute atomic E-state index is 8.93. The van der Waals surface area contributed by atoms with E-state index in [2.05, 4.69) is 38.0 Å². The summed E-state index contributed by atoms with van der Waals surface area (Å²) in [4.78, 5) is 13.7. The maximum Gasteiger partial charge on any atom is 0.225 e. The van der Waals surface area contributed by atoms with Crippen molar-refractivity contribution in [2.24, 2.45) is 5.92 Å². The van der Waals surface area contributed by atoms with Gasteiger partial charge in [0.05, 0.1) is 11.6 Å². The highest BCUT2D eigenvalue weighted by Gasteiger charge is 2.38. The molecular weight excluding hydrogens is 298 g/mol. The zero-order valence-corrected chi connectivity index (χ0v) is 13.7. The van der Waals surface area contributed by atoms with Gasteiger partial charge in [-0.15, -0.1) is 0 Å². The molecule has 2 unspecified atom stereocenters. The van der Waals surface area contributed by atoms with E-state index in [1.54, 1.807) is 0 Å². The zero-order chi connectivity index (χ0) is 16.4. The van der Waals surface area contributed by atoms with Crippen LogP contribution in [0.3, 0.4) is 0 Å². The third-order valence-electron chi connectivity index (χ3n) is 5.28. The molecule has 2 saturated heterocycles. The summed E-state index contributed by atoms with van der Waals surface area (Å²) in [5.74, 6) is 1.63. The van der Waals surface area contributed by atoms with Gasteiger partial charge in [-0.2, -0.15) is 5.26 Å². The molecule has 1 aromatic carbocycles. The van der Waals surface area contributed by atoms with Crippen LogP contribution in [0.1, 0.15) is 24.0 Å². The molecule has 2 aliphatic heterocycles. The Labute approximate surface area is 142 Å². The number of aromatic nitrogens is 2. The average molecular weight is 319 g/mol. The van der Waals surface area contributed by atoms with E-state index in [9.17, 15) is 0 Å². The van der Waals surface area contributed by atoms with Crippen molar-refractivity contribution in [1.82, 2.24) is 14.9 Å². The van der Waals surface area contributed by atoms with Crippen molar-refractivity contribution in [2.45, 2.75) is 25.4 Å². The fraction of sp³-hybridized carbons (Fsp3) is 0.421. The first-order valence-corrected chi connectivity index (χ1v) is 8.58. The summed E-state index contributed by atoms with van der Waals surface area (Å²) in [6.07, 6.45) is 6.13. The van der Waals surface area contributed by atoms with Gasteiger partial charge < -0.3 is 4.90 Å². The van der Waals surface area contributed by atoms with Gasteiger partial charge in [0, 0.05) is 38.1 Å². The van der Waals surface area contributed by atoms with E-state index in [0.29, 0.717) is 6.04 Å². The molecule has 0 bridgehead atoms. The SMILES string of the molecule is N#Cc1ccc(CN2CCC3CCN(c4ncccn4)CC32)cc1. The first-order valence-electron chi connectivity index (χ1n) is 8.58. The van der Waals surface area contributed by atoms with Crippen LogP contribution in [0.2, 0.25) is 0 Å². The Morgan fingerprint density at radius 2 is 1.83 bits per heavy atom. The number of fused-ring (bicyclic) bond motifs is 1. The molecule has 5 heteroatoms. The van der Waals surface area contributed by atoms with Gasteiger partial charge >= 0.3 is 0 Å². The minimum absolute atomic E-state index is 0.568. The molecule has 2 atom stereocenters. The Hall–Kier alpha value is -2.45. The Bertz CT molecular complexity index is 722. The molecule has 0 N–H and O–H groups in total. The van der Waals surface area contributed by atoms with Gasteiger partial charge in [0.15, 0.2) is 0 Å². The largest absolute Gasteiger partial charge is 0.339 e. The number of nitriles is 1. The first-order chi connectivity index (χ1) is 11.8. The molecule has 24 heavy (non-hydrogen) atoms. The summed E-state index contributed by atoms with van der Waals surface area (Å²) < 4.78 is 0. The van der Waals surface area contributed by atoms with Crippen molar-refractivity contribution < 1.29 is 0 Å². The van der Waals surface area contributed by atoms with Crippen LogP contribution < -0.4 is 4.90 Å². The number of likely N-dealkylation sites (tertiary alicyclic amines) is 1. The monoisotopic (exact) mass is 319 g/mol. The second kappa shape index (κ2) is 6.58. The van der Waals surface area contributed by atoms with Crippen molar-refractivity contribution in [2.75, 3.05) is 24.5 Å². The van der Waals surface area contributed by atoms with Crippen LogP contribution in [-0.2, 0) is 6.54 Å². The second-order valence-corrected chi connectivity index (χ2v) is 6.68. The van der Waals surface area contributed by atoms with Gasteiger partial charge in [0.1, 0.15) is 0 Å². The molecule has 0 aliphatic carbocycles. The topological polar surface area (TPSA) is 56.1 Å². The summed E-state index contributed by atoms with van der Waals surface area (Å²) >= 11 is 0. The molecule has 0 spiro atoms. The summed E-state index contributed by atoms with van der Waals surface area (Å²) in [6, 6.07) is 12.6. The molecule has 0 saturated carbocycles. The average Bonchev–Trinajstić information content (AvgIpc) is 3.05. The quantitative estimate of drug-likeness (QED) is 0.870. The lowest BCUT2D eigenvalue weighted by Gasteiger charge is -2.38. The molecule has 122 valence electrons. The van der Waals surface area contributed by atoms with Crippen molar-refractivity contribution in [3.63, 3.8) is 0 Å². The maximum atomic E-state index is 8.93. The number of hydrogen-bond donors (Lipinski definition) is 0. The highest BCUT2D eigenvalue weighted by atomic mass is 15.3. The summed E-state index contributed by atoms with van der Waals surface area (Å²) in [5.41, 5.74) is 2.01. The minimum atomic E-state index is 0.568. The van der Waals surface area contributed by atoms with E-state index >= 15 is 0 Å². The van der Waals surface area contributed by atoms with Gasteiger partial charge in [-0.05, 0) is 49.1 Å². The van der Waals surface area contributed by atoms with Crippen LogP contribution in [0.5, 0.6) is 0 Å². The third-order valence-corrected chi connectivity index (χ3v) is 5.28. The number of benzene rings is 1. The van der Waals surface area contributed by atoms with Crippen molar-refractivity contribution in [1.29, 1.82) is 5.26 Å². The highest BCUT2D eigenvalue weighted by molar-refractivity contribution is 5.32. The fourth-order valence-corrected chi connectivity index (χ4v) is 3.98. The van der Waals surface area contributed by atoms with Crippen LogP contribution in [0.15, 0.2) is 42.7 Å². The molecule has 4 rings (SSSR count). The molecule has 0 amide bonds. The number of rotatable bonds is 3. The van der Waals surface area contributed by atoms with Gasteiger partial charge in [-0.25, -0.2) is 9.97 Å². The fourth-order valence-electron chi connectivity index (χ4n) is 3.98. The molecule has 0 radical (unpaired) electrons. The third kappa shape index (κ3) is 2.98. The summed E-state index contributed by atoms with van der Waals surface area (Å²) in [6.45, 7) is 4.16. The van der Waals surface area contributed by atoms with Crippen LogP contribution in [0.25, 0.3) is 0 Å². The molecule has 2 fully saturated rings. The summed E-state index contributed by atoms with van der Waals surface area (Å²) in [7, 11) is 0. The minimum Gasteiger partial charge on any atom is -0.339 e. The second-order valence-electron chi connectivity index (χ2n) is 6.68. The lowest BCUT2D eigenvalue weighted by atomic mass is 9.92. The smallest absolute Gasteiger partial charge is 0.225 e. The van der Waals surface area contributed by atoms with E-state index in [1.165, 1.54) is 18.4 Å². The van der Waals surface area contributed by atoms with E-state index < -0.39 is 0 Å².